The van der Waals surface area contributed by atoms with Crippen LogP contribution in [0.4, 0.5) is 5.69 Å². The molecule has 2 rings (SSSR count). The Balaban J connectivity index is 2.80. The van der Waals surface area contributed by atoms with Crippen molar-refractivity contribution in [2.75, 3.05) is 5.73 Å². The number of nitrogens with two attached hydrogens (primary N) is 1. The molecule has 1 aromatic heterocycles. The maximum atomic E-state index is 11.4. The molecule has 1 heterocycles. The van der Waals surface area contributed by atoms with Crippen LogP contribution in [0, 0.1) is 0 Å². The first kappa shape index (κ1) is 8.81. The summed E-state index contributed by atoms with van der Waals surface area (Å²) in [6.45, 7) is 1.92. The second kappa shape index (κ2) is 3.18. The number of nitrogen functional groups attached to an aromatic ring is 1. The van der Waals surface area contributed by atoms with E-state index in [1.54, 1.807) is 18.2 Å². The van der Waals surface area contributed by atoms with Crippen molar-refractivity contribution in [1.82, 2.24) is 0 Å². The molecule has 0 unspecified atom stereocenters. The summed E-state index contributed by atoms with van der Waals surface area (Å²) in [5.74, 6) is 0. The van der Waals surface area contributed by atoms with Crippen molar-refractivity contribution >= 4 is 16.7 Å². The van der Waals surface area contributed by atoms with Gasteiger partial charge in [-0.25, -0.2) is 4.79 Å². The van der Waals surface area contributed by atoms with Crippen LogP contribution in [0.5, 0.6) is 0 Å². The highest BCUT2D eigenvalue weighted by Gasteiger charge is 2.02. The average molecular weight is 189 g/mol. The molecular formula is C11H11NO2. The van der Waals surface area contributed by atoms with Gasteiger partial charge in [-0.2, -0.15) is 0 Å². The molecule has 0 aliphatic carbocycles. The molecule has 2 aromatic rings. The second-order valence-electron chi connectivity index (χ2n) is 3.21. The Hall–Kier alpha value is -1.77. The first-order chi connectivity index (χ1) is 6.70. The zero-order chi connectivity index (χ0) is 10.1. The van der Waals surface area contributed by atoms with E-state index in [1.165, 1.54) is 0 Å². The van der Waals surface area contributed by atoms with Crippen LogP contribution in [0.25, 0.3) is 11.0 Å². The van der Waals surface area contributed by atoms with Gasteiger partial charge in [0.2, 0.25) is 0 Å². The zero-order valence-electron chi connectivity index (χ0n) is 7.91. The Morgan fingerprint density at radius 3 is 2.86 bits per heavy atom. The van der Waals surface area contributed by atoms with Crippen molar-refractivity contribution in [2.45, 2.75) is 13.3 Å². The second-order valence-corrected chi connectivity index (χ2v) is 3.21. The molecule has 0 atom stereocenters. The molecule has 0 fully saturated rings. The first-order valence-electron chi connectivity index (χ1n) is 4.53. The third-order valence-corrected chi connectivity index (χ3v) is 2.21. The van der Waals surface area contributed by atoms with Gasteiger partial charge in [0, 0.05) is 16.6 Å². The molecule has 0 bridgehead atoms. The Morgan fingerprint density at radius 1 is 1.36 bits per heavy atom. The van der Waals surface area contributed by atoms with Crippen LogP contribution >= 0.6 is 0 Å². The molecule has 2 N–H and O–H groups in total. The topological polar surface area (TPSA) is 56.2 Å². The Bertz CT molecular complexity index is 528. The van der Waals surface area contributed by atoms with Gasteiger partial charge in [-0.15, -0.1) is 0 Å². The van der Waals surface area contributed by atoms with Gasteiger partial charge in [0.25, 0.3) is 0 Å². The molecule has 0 radical (unpaired) electrons. The lowest BCUT2D eigenvalue weighted by atomic mass is 10.1. The largest absolute Gasteiger partial charge is 0.423 e. The Morgan fingerprint density at radius 2 is 2.14 bits per heavy atom. The van der Waals surface area contributed by atoms with Crippen molar-refractivity contribution in [3.05, 3.63) is 40.2 Å². The fourth-order valence-corrected chi connectivity index (χ4v) is 1.43. The van der Waals surface area contributed by atoms with Crippen molar-refractivity contribution in [3.63, 3.8) is 0 Å². The van der Waals surface area contributed by atoms with Crippen molar-refractivity contribution < 1.29 is 4.42 Å². The Kier molecular flexibility index (Phi) is 2.00. The van der Waals surface area contributed by atoms with E-state index in [2.05, 4.69) is 0 Å². The van der Waals surface area contributed by atoms with Crippen molar-refractivity contribution in [2.24, 2.45) is 0 Å². The van der Waals surface area contributed by atoms with Gasteiger partial charge in [0.15, 0.2) is 0 Å². The fourth-order valence-electron chi connectivity index (χ4n) is 1.43. The molecule has 0 amide bonds. The number of hydrogen-bond donors (Lipinski definition) is 1. The molecule has 0 spiro atoms. The summed E-state index contributed by atoms with van der Waals surface area (Å²) in [6, 6.07) is 7.07. The SMILES string of the molecule is CCc1cc2cc(N)ccc2oc1=O. The quantitative estimate of drug-likeness (QED) is 0.551. The van der Waals surface area contributed by atoms with E-state index in [0.717, 1.165) is 5.39 Å². The monoisotopic (exact) mass is 189 g/mol. The molecule has 3 nitrogen and oxygen atoms in total. The zero-order valence-corrected chi connectivity index (χ0v) is 7.91. The van der Waals surface area contributed by atoms with Gasteiger partial charge >= 0.3 is 5.63 Å². The summed E-state index contributed by atoms with van der Waals surface area (Å²) >= 11 is 0. The van der Waals surface area contributed by atoms with Crippen LogP contribution in [-0.2, 0) is 6.42 Å². The number of hydrogen-bond acceptors (Lipinski definition) is 3. The highest BCUT2D eigenvalue weighted by atomic mass is 16.4. The van der Waals surface area contributed by atoms with Crippen LogP contribution in [-0.4, -0.2) is 0 Å². The summed E-state index contributed by atoms with van der Waals surface area (Å²) in [7, 11) is 0. The third-order valence-electron chi connectivity index (χ3n) is 2.21. The number of fused-ring (bicyclic) bond motifs is 1. The van der Waals surface area contributed by atoms with Crippen LogP contribution in [0.1, 0.15) is 12.5 Å². The van der Waals surface area contributed by atoms with Gasteiger partial charge in [-0.1, -0.05) is 6.92 Å². The van der Waals surface area contributed by atoms with Crippen molar-refractivity contribution in [1.29, 1.82) is 0 Å². The molecule has 0 aliphatic rings. The molecular weight excluding hydrogens is 178 g/mol. The van der Waals surface area contributed by atoms with E-state index in [9.17, 15) is 4.79 Å². The molecule has 1 aromatic carbocycles. The van der Waals surface area contributed by atoms with Gasteiger partial charge in [-0.05, 0) is 30.7 Å². The normalized spacial score (nSPS) is 10.6. The minimum Gasteiger partial charge on any atom is -0.423 e. The highest BCUT2D eigenvalue weighted by Crippen LogP contribution is 2.16. The van der Waals surface area contributed by atoms with Crippen LogP contribution < -0.4 is 11.4 Å². The summed E-state index contributed by atoms with van der Waals surface area (Å²) < 4.78 is 5.13. The Labute approximate surface area is 81.1 Å². The maximum absolute atomic E-state index is 11.4. The number of aryl methyl sites for hydroxylation is 1. The van der Waals surface area contributed by atoms with E-state index in [-0.39, 0.29) is 5.63 Å². The fraction of sp³-hybridized carbons (Fsp3) is 0.182. The average Bonchev–Trinajstić information content (AvgIpc) is 2.17. The molecule has 0 saturated heterocycles. The third kappa shape index (κ3) is 1.37. The predicted octanol–water partition coefficient (Wildman–Crippen LogP) is 1.94. The van der Waals surface area contributed by atoms with Gasteiger partial charge in [0.1, 0.15) is 5.58 Å². The summed E-state index contributed by atoms with van der Waals surface area (Å²) in [4.78, 5) is 11.4. The van der Waals surface area contributed by atoms with E-state index in [1.807, 2.05) is 13.0 Å². The van der Waals surface area contributed by atoms with E-state index < -0.39 is 0 Å². The predicted molar refractivity (Wildman–Crippen MR) is 56.3 cm³/mol. The van der Waals surface area contributed by atoms with Crippen LogP contribution in [0.15, 0.2) is 33.5 Å². The first-order valence-corrected chi connectivity index (χ1v) is 4.53. The summed E-state index contributed by atoms with van der Waals surface area (Å²) in [5, 5.41) is 0.876. The lowest BCUT2D eigenvalue weighted by Crippen LogP contribution is -2.05. The van der Waals surface area contributed by atoms with Gasteiger partial charge in [-0.3, -0.25) is 0 Å². The highest BCUT2D eigenvalue weighted by molar-refractivity contribution is 5.80. The molecule has 0 saturated carbocycles. The van der Waals surface area contributed by atoms with E-state index >= 15 is 0 Å². The van der Waals surface area contributed by atoms with Crippen LogP contribution in [0.2, 0.25) is 0 Å². The maximum Gasteiger partial charge on any atom is 0.339 e. The minimum atomic E-state index is -0.259. The smallest absolute Gasteiger partial charge is 0.339 e. The van der Waals surface area contributed by atoms with Gasteiger partial charge in [0.05, 0.1) is 0 Å². The molecule has 72 valence electrons. The summed E-state index contributed by atoms with van der Waals surface area (Å²) in [6.07, 6.45) is 0.674. The standard InChI is InChI=1S/C11H11NO2/c1-2-7-5-8-6-9(12)3-4-10(8)14-11(7)13/h3-6H,2,12H2,1H3. The van der Waals surface area contributed by atoms with Crippen LogP contribution in [0.3, 0.4) is 0 Å². The number of anilines is 1. The lowest BCUT2D eigenvalue weighted by Gasteiger charge is -2.00. The number of benzene rings is 1. The van der Waals surface area contributed by atoms with E-state index in [0.29, 0.717) is 23.3 Å². The molecule has 3 heteroatoms. The molecule has 14 heavy (non-hydrogen) atoms. The lowest BCUT2D eigenvalue weighted by molar-refractivity contribution is 0.551. The minimum absolute atomic E-state index is 0.259. The van der Waals surface area contributed by atoms with Gasteiger partial charge < -0.3 is 10.2 Å². The van der Waals surface area contributed by atoms with E-state index in [4.69, 9.17) is 10.2 Å². The molecule has 0 aliphatic heterocycles. The number of rotatable bonds is 1. The summed E-state index contributed by atoms with van der Waals surface area (Å²) in [5.41, 5.74) is 7.32. The van der Waals surface area contributed by atoms with Crippen molar-refractivity contribution in [3.8, 4) is 0 Å².